The molecule has 0 aromatic rings. The third kappa shape index (κ3) is 1.43. The normalized spacial score (nSPS) is 18.4. The minimum Gasteiger partial charge on any atom is -0.355 e. The fraction of sp³-hybridized carbons (Fsp3) is 0.857. The maximum Gasteiger partial charge on any atom is 0.114 e. The lowest BCUT2D eigenvalue weighted by atomic mass is 10.3. The molecule has 1 aliphatic rings. The van der Waals surface area contributed by atoms with Crippen LogP contribution in [0.2, 0.25) is 0 Å². The van der Waals surface area contributed by atoms with Crippen LogP contribution in [-0.4, -0.2) is 35.7 Å². The number of nitrogens with zero attached hydrogens (tertiary/aromatic N) is 2. The Balaban J connectivity index is 2.54. The van der Waals surface area contributed by atoms with Crippen molar-refractivity contribution in [2.75, 3.05) is 19.0 Å². The average molecular weight is 161 g/mol. The van der Waals surface area contributed by atoms with Gasteiger partial charge in [0.05, 0.1) is 12.4 Å². The molecule has 58 valence electrons. The Kier molecular flexibility index (Phi) is 2.55. The summed E-state index contributed by atoms with van der Waals surface area (Å²) in [7, 11) is 0. The maximum atomic E-state index is 5.67. The fourth-order valence-electron chi connectivity index (χ4n) is 1.18. The Morgan fingerprint density at radius 3 is 2.80 bits per heavy atom. The number of rotatable bonds is 2. The third-order valence-corrected chi connectivity index (χ3v) is 1.95. The van der Waals surface area contributed by atoms with Crippen molar-refractivity contribution >= 4 is 17.4 Å². The highest BCUT2D eigenvalue weighted by molar-refractivity contribution is 6.28. The number of alkyl halides is 1. The van der Waals surface area contributed by atoms with Gasteiger partial charge in [0, 0.05) is 12.6 Å². The van der Waals surface area contributed by atoms with E-state index in [4.69, 9.17) is 11.6 Å². The van der Waals surface area contributed by atoms with Crippen LogP contribution in [0.1, 0.15) is 13.8 Å². The Morgan fingerprint density at radius 2 is 2.40 bits per heavy atom. The Morgan fingerprint density at radius 1 is 1.70 bits per heavy atom. The molecule has 1 heterocycles. The molecule has 0 spiro atoms. The van der Waals surface area contributed by atoms with Gasteiger partial charge >= 0.3 is 0 Å². The third-order valence-electron chi connectivity index (χ3n) is 1.71. The van der Waals surface area contributed by atoms with Crippen molar-refractivity contribution in [1.82, 2.24) is 4.90 Å². The number of hydrogen-bond donors (Lipinski definition) is 0. The molecule has 10 heavy (non-hydrogen) atoms. The maximum absolute atomic E-state index is 5.67. The van der Waals surface area contributed by atoms with Crippen LogP contribution in [-0.2, 0) is 0 Å². The lowest BCUT2D eigenvalue weighted by molar-refractivity contribution is 0.379. The van der Waals surface area contributed by atoms with Crippen LogP contribution in [0.5, 0.6) is 0 Å². The van der Waals surface area contributed by atoms with Crippen molar-refractivity contribution in [2.45, 2.75) is 19.9 Å². The van der Waals surface area contributed by atoms with Gasteiger partial charge in [-0.2, -0.15) is 0 Å². The summed E-state index contributed by atoms with van der Waals surface area (Å²) in [6.07, 6.45) is 0. The predicted octanol–water partition coefficient (Wildman–Crippen LogP) is 1.35. The van der Waals surface area contributed by atoms with Gasteiger partial charge in [-0.05, 0) is 13.8 Å². The van der Waals surface area contributed by atoms with E-state index in [0.717, 1.165) is 18.9 Å². The second kappa shape index (κ2) is 3.24. The van der Waals surface area contributed by atoms with Gasteiger partial charge in [0.25, 0.3) is 0 Å². The van der Waals surface area contributed by atoms with Crippen LogP contribution in [0.15, 0.2) is 4.99 Å². The quantitative estimate of drug-likeness (QED) is 0.557. The molecule has 0 unspecified atom stereocenters. The van der Waals surface area contributed by atoms with Crippen LogP contribution in [0, 0.1) is 0 Å². The van der Waals surface area contributed by atoms with E-state index < -0.39 is 0 Å². The summed E-state index contributed by atoms with van der Waals surface area (Å²) in [5.74, 6) is 1.61. The van der Waals surface area contributed by atoms with Gasteiger partial charge in [-0.1, -0.05) is 0 Å². The van der Waals surface area contributed by atoms with Crippen molar-refractivity contribution in [2.24, 2.45) is 4.99 Å². The summed E-state index contributed by atoms with van der Waals surface area (Å²) in [5.41, 5.74) is 0. The zero-order valence-electron chi connectivity index (χ0n) is 6.47. The SMILES string of the molecule is CC(C)N1CCN=C1CCl. The molecule has 0 N–H and O–H groups in total. The standard InChI is InChI=1S/C7H13ClN2/c1-6(2)10-4-3-9-7(10)5-8/h6H,3-5H2,1-2H3. The van der Waals surface area contributed by atoms with Crippen molar-refractivity contribution in [3.63, 3.8) is 0 Å². The topological polar surface area (TPSA) is 15.6 Å². The molecule has 3 heteroatoms. The molecule has 1 aliphatic heterocycles. The zero-order chi connectivity index (χ0) is 7.56. The second-order valence-electron chi connectivity index (χ2n) is 2.72. The van der Waals surface area contributed by atoms with Gasteiger partial charge in [0.1, 0.15) is 5.84 Å². The van der Waals surface area contributed by atoms with Crippen LogP contribution in [0.3, 0.4) is 0 Å². The zero-order valence-corrected chi connectivity index (χ0v) is 7.23. The summed E-state index contributed by atoms with van der Waals surface area (Å²) in [5, 5.41) is 0. The molecule has 0 amide bonds. The summed E-state index contributed by atoms with van der Waals surface area (Å²) in [4.78, 5) is 6.51. The van der Waals surface area contributed by atoms with E-state index in [2.05, 4.69) is 23.7 Å². The van der Waals surface area contributed by atoms with E-state index in [-0.39, 0.29) is 0 Å². The summed E-state index contributed by atoms with van der Waals surface area (Å²) in [6, 6.07) is 0.542. The van der Waals surface area contributed by atoms with Gasteiger partial charge in [-0.3, -0.25) is 4.99 Å². The second-order valence-corrected chi connectivity index (χ2v) is 2.99. The monoisotopic (exact) mass is 160 g/mol. The van der Waals surface area contributed by atoms with Crippen LogP contribution >= 0.6 is 11.6 Å². The molecule has 0 fully saturated rings. The highest BCUT2D eigenvalue weighted by atomic mass is 35.5. The lowest BCUT2D eigenvalue weighted by Gasteiger charge is -2.23. The number of aliphatic imine (C=N–C) groups is 1. The first-order valence-corrected chi connectivity index (χ1v) is 4.15. The molecular weight excluding hydrogens is 148 g/mol. The van der Waals surface area contributed by atoms with Gasteiger partial charge < -0.3 is 4.90 Å². The summed E-state index contributed by atoms with van der Waals surface area (Å²) < 4.78 is 0. The van der Waals surface area contributed by atoms with Gasteiger partial charge in [0.15, 0.2) is 0 Å². The first-order chi connectivity index (χ1) is 4.75. The molecule has 0 aromatic carbocycles. The Hall–Kier alpha value is -0.240. The number of halogens is 1. The van der Waals surface area contributed by atoms with Crippen molar-refractivity contribution in [3.8, 4) is 0 Å². The molecule has 2 nitrogen and oxygen atoms in total. The van der Waals surface area contributed by atoms with Gasteiger partial charge in [-0.15, -0.1) is 11.6 Å². The fourth-order valence-corrected chi connectivity index (χ4v) is 1.42. The van der Waals surface area contributed by atoms with E-state index in [1.807, 2.05) is 0 Å². The van der Waals surface area contributed by atoms with Gasteiger partial charge in [0.2, 0.25) is 0 Å². The first kappa shape index (κ1) is 7.86. The highest BCUT2D eigenvalue weighted by Crippen LogP contribution is 2.07. The highest BCUT2D eigenvalue weighted by Gasteiger charge is 2.17. The van der Waals surface area contributed by atoms with Crippen molar-refractivity contribution in [3.05, 3.63) is 0 Å². The van der Waals surface area contributed by atoms with E-state index in [1.54, 1.807) is 0 Å². The largest absolute Gasteiger partial charge is 0.355 e. The number of hydrogen-bond acceptors (Lipinski definition) is 2. The molecule has 0 saturated carbocycles. The van der Waals surface area contributed by atoms with Crippen LogP contribution < -0.4 is 0 Å². The summed E-state index contributed by atoms with van der Waals surface area (Å²) in [6.45, 7) is 6.28. The minimum absolute atomic E-state index is 0.542. The van der Waals surface area contributed by atoms with E-state index in [1.165, 1.54) is 0 Å². The molecule has 1 rings (SSSR count). The molecule has 0 atom stereocenters. The van der Waals surface area contributed by atoms with Crippen molar-refractivity contribution < 1.29 is 0 Å². The predicted molar refractivity (Wildman–Crippen MR) is 44.9 cm³/mol. The lowest BCUT2D eigenvalue weighted by Crippen LogP contribution is -2.34. The molecule has 0 bridgehead atoms. The smallest absolute Gasteiger partial charge is 0.114 e. The van der Waals surface area contributed by atoms with Crippen molar-refractivity contribution in [1.29, 1.82) is 0 Å². The molecule has 0 aromatic heterocycles. The Labute approximate surface area is 66.9 Å². The number of amidine groups is 1. The summed E-state index contributed by atoms with van der Waals surface area (Å²) >= 11 is 5.67. The van der Waals surface area contributed by atoms with Crippen LogP contribution in [0.4, 0.5) is 0 Å². The van der Waals surface area contributed by atoms with Gasteiger partial charge in [-0.25, -0.2) is 0 Å². The van der Waals surface area contributed by atoms with E-state index in [9.17, 15) is 0 Å². The molecule has 0 aliphatic carbocycles. The minimum atomic E-state index is 0.542. The molecule has 0 saturated heterocycles. The van der Waals surface area contributed by atoms with E-state index in [0.29, 0.717) is 11.9 Å². The first-order valence-electron chi connectivity index (χ1n) is 3.61. The molecular formula is C7H13ClN2. The van der Waals surface area contributed by atoms with E-state index >= 15 is 0 Å². The van der Waals surface area contributed by atoms with Crippen LogP contribution in [0.25, 0.3) is 0 Å². The molecule has 0 radical (unpaired) electrons. The average Bonchev–Trinajstić information content (AvgIpc) is 2.33. The Bertz CT molecular complexity index is 143.